The standard InChI is InChI=1S/C10H10Cl2O/c1-7-2-3-8(10(12)4-7)5-9(13)6-11/h2-4H,5-6H2,1H3. The van der Waals surface area contributed by atoms with Crippen LogP contribution in [0.4, 0.5) is 0 Å². The molecule has 0 heterocycles. The van der Waals surface area contributed by atoms with Crippen molar-refractivity contribution in [1.29, 1.82) is 0 Å². The molecule has 0 radical (unpaired) electrons. The minimum Gasteiger partial charge on any atom is -0.298 e. The second-order valence-electron chi connectivity index (χ2n) is 2.94. The van der Waals surface area contributed by atoms with Crippen LogP contribution in [0.5, 0.6) is 0 Å². The molecular weight excluding hydrogens is 207 g/mol. The third kappa shape index (κ3) is 3.02. The molecule has 0 saturated carbocycles. The van der Waals surface area contributed by atoms with Gasteiger partial charge in [-0.15, -0.1) is 11.6 Å². The van der Waals surface area contributed by atoms with Gasteiger partial charge in [0, 0.05) is 11.4 Å². The number of ketones is 1. The average Bonchev–Trinajstić information content (AvgIpc) is 2.09. The molecule has 0 unspecified atom stereocenters. The first kappa shape index (κ1) is 10.6. The van der Waals surface area contributed by atoms with Crippen LogP contribution in [0.3, 0.4) is 0 Å². The first-order valence-electron chi connectivity index (χ1n) is 3.96. The van der Waals surface area contributed by atoms with Crippen molar-refractivity contribution in [1.82, 2.24) is 0 Å². The Kier molecular flexibility index (Phi) is 3.76. The highest BCUT2D eigenvalue weighted by molar-refractivity contribution is 6.32. The molecule has 1 nitrogen and oxygen atoms in total. The van der Waals surface area contributed by atoms with Crippen molar-refractivity contribution in [3.05, 3.63) is 34.3 Å². The van der Waals surface area contributed by atoms with Gasteiger partial charge in [-0.2, -0.15) is 0 Å². The zero-order valence-corrected chi connectivity index (χ0v) is 8.82. The van der Waals surface area contributed by atoms with Gasteiger partial charge >= 0.3 is 0 Å². The third-order valence-electron chi connectivity index (χ3n) is 1.75. The van der Waals surface area contributed by atoms with Crippen molar-refractivity contribution >= 4 is 29.0 Å². The maximum Gasteiger partial charge on any atom is 0.152 e. The van der Waals surface area contributed by atoms with Crippen molar-refractivity contribution in [3.8, 4) is 0 Å². The summed E-state index contributed by atoms with van der Waals surface area (Å²) in [5, 5.41) is 0.637. The first-order valence-corrected chi connectivity index (χ1v) is 4.87. The van der Waals surface area contributed by atoms with E-state index in [1.807, 2.05) is 25.1 Å². The Morgan fingerprint density at radius 2 is 2.15 bits per heavy atom. The highest BCUT2D eigenvalue weighted by Crippen LogP contribution is 2.18. The zero-order chi connectivity index (χ0) is 9.84. The number of Topliss-reactive ketones (excluding diaryl/α,β-unsaturated/α-hetero) is 1. The van der Waals surface area contributed by atoms with Gasteiger partial charge in [-0.05, 0) is 24.1 Å². The Bertz CT molecular complexity index is 321. The van der Waals surface area contributed by atoms with E-state index in [2.05, 4.69) is 0 Å². The molecule has 0 aliphatic rings. The molecule has 0 aliphatic heterocycles. The number of aryl methyl sites for hydroxylation is 1. The van der Waals surface area contributed by atoms with Crippen LogP contribution in [-0.4, -0.2) is 11.7 Å². The molecule has 1 aromatic carbocycles. The summed E-state index contributed by atoms with van der Waals surface area (Å²) >= 11 is 11.3. The monoisotopic (exact) mass is 216 g/mol. The van der Waals surface area contributed by atoms with Crippen LogP contribution in [-0.2, 0) is 11.2 Å². The number of carbonyl (C=O) groups excluding carboxylic acids is 1. The van der Waals surface area contributed by atoms with Gasteiger partial charge in [0.15, 0.2) is 5.78 Å². The van der Waals surface area contributed by atoms with Crippen molar-refractivity contribution in [2.45, 2.75) is 13.3 Å². The van der Waals surface area contributed by atoms with Crippen LogP contribution in [0.2, 0.25) is 5.02 Å². The van der Waals surface area contributed by atoms with E-state index in [1.165, 1.54) is 0 Å². The lowest BCUT2D eigenvalue weighted by molar-refractivity contribution is -0.116. The number of halogens is 2. The van der Waals surface area contributed by atoms with Gasteiger partial charge in [-0.1, -0.05) is 23.7 Å². The Labute approximate surface area is 87.7 Å². The van der Waals surface area contributed by atoms with Crippen molar-refractivity contribution in [2.75, 3.05) is 5.88 Å². The van der Waals surface area contributed by atoms with E-state index in [0.29, 0.717) is 11.4 Å². The van der Waals surface area contributed by atoms with Gasteiger partial charge in [0.2, 0.25) is 0 Å². The van der Waals surface area contributed by atoms with Gasteiger partial charge in [-0.25, -0.2) is 0 Å². The summed E-state index contributed by atoms with van der Waals surface area (Å²) in [7, 11) is 0. The minimum absolute atomic E-state index is 0.00702. The normalized spacial score (nSPS) is 10.1. The van der Waals surface area contributed by atoms with Gasteiger partial charge in [0.05, 0.1) is 5.88 Å². The smallest absolute Gasteiger partial charge is 0.152 e. The van der Waals surface area contributed by atoms with E-state index >= 15 is 0 Å². The summed E-state index contributed by atoms with van der Waals surface area (Å²) in [6.07, 6.45) is 0.322. The van der Waals surface area contributed by atoms with E-state index in [-0.39, 0.29) is 11.7 Å². The third-order valence-corrected chi connectivity index (χ3v) is 2.40. The predicted molar refractivity (Wildman–Crippen MR) is 55.6 cm³/mol. The Balaban J connectivity index is 2.83. The van der Waals surface area contributed by atoms with Crippen LogP contribution in [0.15, 0.2) is 18.2 Å². The SMILES string of the molecule is Cc1ccc(CC(=O)CCl)c(Cl)c1. The van der Waals surface area contributed by atoms with Crippen LogP contribution < -0.4 is 0 Å². The number of hydrogen-bond acceptors (Lipinski definition) is 1. The fraction of sp³-hybridized carbons (Fsp3) is 0.300. The van der Waals surface area contributed by atoms with Crippen LogP contribution >= 0.6 is 23.2 Å². The molecule has 0 amide bonds. The van der Waals surface area contributed by atoms with E-state index in [4.69, 9.17) is 23.2 Å². The zero-order valence-electron chi connectivity index (χ0n) is 7.31. The molecule has 0 spiro atoms. The van der Waals surface area contributed by atoms with Crippen molar-refractivity contribution in [2.24, 2.45) is 0 Å². The summed E-state index contributed by atoms with van der Waals surface area (Å²) in [4.78, 5) is 11.0. The summed E-state index contributed by atoms with van der Waals surface area (Å²) < 4.78 is 0. The molecule has 70 valence electrons. The molecule has 0 fully saturated rings. The second kappa shape index (κ2) is 4.64. The molecule has 0 bridgehead atoms. The molecule has 3 heteroatoms. The Morgan fingerprint density at radius 3 is 2.69 bits per heavy atom. The molecule has 0 aliphatic carbocycles. The quantitative estimate of drug-likeness (QED) is 0.711. The number of carbonyl (C=O) groups is 1. The van der Waals surface area contributed by atoms with Crippen LogP contribution in [0, 0.1) is 6.92 Å². The lowest BCUT2D eigenvalue weighted by Gasteiger charge is -2.02. The van der Waals surface area contributed by atoms with E-state index in [9.17, 15) is 4.79 Å². The molecule has 13 heavy (non-hydrogen) atoms. The van der Waals surface area contributed by atoms with Gasteiger partial charge < -0.3 is 0 Å². The summed E-state index contributed by atoms with van der Waals surface area (Å²) in [6.45, 7) is 1.96. The maximum absolute atomic E-state index is 11.0. The van der Waals surface area contributed by atoms with E-state index in [0.717, 1.165) is 11.1 Å². The lowest BCUT2D eigenvalue weighted by Crippen LogP contribution is -2.04. The van der Waals surface area contributed by atoms with Gasteiger partial charge in [0.25, 0.3) is 0 Å². The topological polar surface area (TPSA) is 17.1 Å². The average molecular weight is 217 g/mol. The molecule has 0 saturated heterocycles. The summed E-state index contributed by atoms with van der Waals surface area (Å²) in [5.41, 5.74) is 1.94. The predicted octanol–water partition coefficient (Wildman–Crippen LogP) is 3.00. The minimum atomic E-state index is -0.00702. The lowest BCUT2D eigenvalue weighted by atomic mass is 10.1. The Hall–Kier alpha value is -0.530. The number of alkyl halides is 1. The molecular formula is C10H10Cl2O. The van der Waals surface area contributed by atoms with Crippen molar-refractivity contribution in [3.63, 3.8) is 0 Å². The van der Waals surface area contributed by atoms with Crippen molar-refractivity contribution < 1.29 is 4.79 Å². The number of hydrogen-bond donors (Lipinski definition) is 0. The van der Waals surface area contributed by atoms with E-state index < -0.39 is 0 Å². The first-order chi connectivity index (χ1) is 6.13. The summed E-state index contributed by atoms with van der Waals surface area (Å²) in [6, 6.07) is 5.64. The highest BCUT2D eigenvalue weighted by Gasteiger charge is 2.05. The van der Waals surface area contributed by atoms with Crippen LogP contribution in [0.1, 0.15) is 11.1 Å². The number of rotatable bonds is 3. The molecule has 0 aromatic heterocycles. The molecule has 1 aromatic rings. The maximum atomic E-state index is 11.0. The molecule has 0 atom stereocenters. The van der Waals surface area contributed by atoms with Gasteiger partial charge in [-0.3, -0.25) is 4.79 Å². The molecule has 0 N–H and O–H groups in total. The summed E-state index contributed by atoms with van der Waals surface area (Å²) in [5.74, 6) is 0.0388. The Morgan fingerprint density at radius 1 is 1.46 bits per heavy atom. The van der Waals surface area contributed by atoms with Crippen LogP contribution in [0.25, 0.3) is 0 Å². The molecule has 1 rings (SSSR count). The largest absolute Gasteiger partial charge is 0.298 e. The van der Waals surface area contributed by atoms with E-state index in [1.54, 1.807) is 0 Å². The fourth-order valence-electron chi connectivity index (χ4n) is 1.06. The fourth-order valence-corrected chi connectivity index (χ4v) is 1.45. The van der Waals surface area contributed by atoms with Gasteiger partial charge in [0.1, 0.15) is 0 Å². The highest BCUT2D eigenvalue weighted by atomic mass is 35.5. The second-order valence-corrected chi connectivity index (χ2v) is 3.62. The number of benzene rings is 1.